The van der Waals surface area contributed by atoms with Gasteiger partial charge in [0.1, 0.15) is 5.69 Å². The number of piperidine rings is 1. The first-order chi connectivity index (χ1) is 13.0. The van der Waals surface area contributed by atoms with Crippen LogP contribution in [0, 0.1) is 12.8 Å². The summed E-state index contributed by atoms with van der Waals surface area (Å²) in [6, 6.07) is 1.90. The van der Waals surface area contributed by atoms with Gasteiger partial charge in [-0.25, -0.2) is 0 Å². The van der Waals surface area contributed by atoms with Gasteiger partial charge < -0.3 is 19.3 Å². The molecular formula is C20H34N4O3. The van der Waals surface area contributed by atoms with Crippen molar-refractivity contribution < 1.29 is 14.3 Å². The summed E-state index contributed by atoms with van der Waals surface area (Å²) in [5.74, 6) is 0.603. The summed E-state index contributed by atoms with van der Waals surface area (Å²) < 4.78 is 13.3. The molecule has 27 heavy (non-hydrogen) atoms. The van der Waals surface area contributed by atoms with Crippen LogP contribution in [0.4, 0.5) is 0 Å². The fraction of sp³-hybridized carbons (Fsp3) is 0.800. The molecule has 2 fully saturated rings. The van der Waals surface area contributed by atoms with Crippen molar-refractivity contribution >= 4 is 5.91 Å². The maximum absolute atomic E-state index is 13.1. The molecule has 1 spiro atoms. The second-order valence-electron chi connectivity index (χ2n) is 8.14. The number of hydrogen-bond acceptors (Lipinski definition) is 5. The maximum Gasteiger partial charge on any atom is 0.272 e. The van der Waals surface area contributed by atoms with E-state index in [0.29, 0.717) is 24.7 Å². The number of likely N-dealkylation sites (tertiary alicyclic amines) is 1. The standard InChI is InChI=1S/C20H34N4O3/c1-5-24-18(11-16(2)21-24)19(25)23-8-6-7-20(15-23)12-17(14-27-20)13-22(3)9-10-26-4/h11,17H,5-10,12-15H2,1-4H3/t17-,20-/m1/s1. The van der Waals surface area contributed by atoms with Gasteiger partial charge in [-0.3, -0.25) is 9.48 Å². The third-order valence-corrected chi connectivity index (χ3v) is 5.78. The van der Waals surface area contributed by atoms with Crippen LogP contribution in [0.2, 0.25) is 0 Å². The Kier molecular flexibility index (Phi) is 6.55. The average Bonchev–Trinajstić information content (AvgIpc) is 3.22. The quantitative estimate of drug-likeness (QED) is 0.724. The highest BCUT2D eigenvalue weighted by Crippen LogP contribution is 2.38. The topological polar surface area (TPSA) is 59.8 Å². The van der Waals surface area contributed by atoms with Crippen LogP contribution < -0.4 is 0 Å². The summed E-state index contributed by atoms with van der Waals surface area (Å²) in [6.07, 6.45) is 3.07. The van der Waals surface area contributed by atoms with Crippen molar-refractivity contribution in [3.8, 4) is 0 Å². The van der Waals surface area contributed by atoms with Crippen molar-refractivity contribution in [1.82, 2.24) is 19.6 Å². The molecule has 3 rings (SSSR count). The highest BCUT2D eigenvalue weighted by Gasteiger charge is 2.44. The number of aromatic nitrogens is 2. The molecule has 1 aromatic heterocycles. The Balaban J connectivity index is 1.61. The molecule has 1 aromatic rings. The number of nitrogens with zero attached hydrogens (tertiary/aromatic N) is 4. The minimum Gasteiger partial charge on any atom is -0.383 e. The van der Waals surface area contributed by atoms with Crippen LogP contribution in [-0.2, 0) is 16.0 Å². The smallest absolute Gasteiger partial charge is 0.272 e. The number of carbonyl (C=O) groups excluding carboxylic acids is 1. The van der Waals surface area contributed by atoms with Crippen LogP contribution in [0.1, 0.15) is 42.4 Å². The fourth-order valence-electron chi connectivity index (χ4n) is 4.51. The highest BCUT2D eigenvalue weighted by molar-refractivity contribution is 5.92. The van der Waals surface area contributed by atoms with Crippen LogP contribution in [0.3, 0.4) is 0 Å². The van der Waals surface area contributed by atoms with Crippen molar-refractivity contribution in [3.63, 3.8) is 0 Å². The van der Waals surface area contributed by atoms with Gasteiger partial charge in [0.05, 0.1) is 31.1 Å². The number of ether oxygens (including phenoxy) is 2. The number of amides is 1. The molecule has 1 amide bonds. The van der Waals surface area contributed by atoms with Crippen LogP contribution in [0.5, 0.6) is 0 Å². The third-order valence-electron chi connectivity index (χ3n) is 5.78. The Hall–Kier alpha value is -1.44. The van der Waals surface area contributed by atoms with Gasteiger partial charge in [0.15, 0.2) is 0 Å². The summed E-state index contributed by atoms with van der Waals surface area (Å²) in [7, 11) is 3.87. The molecule has 0 bridgehead atoms. The van der Waals surface area contributed by atoms with Gasteiger partial charge in [0.25, 0.3) is 5.91 Å². The molecule has 2 aliphatic rings. The number of rotatable bonds is 7. The summed E-state index contributed by atoms with van der Waals surface area (Å²) in [5, 5.41) is 4.43. The van der Waals surface area contributed by atoms with E-state index in [2.05, 4.69) is 17.0 Å². The molecule has 0 N–H and O–H groups in total. The van der Waals surface area contributed by atoms with Gasteiger partial charge in [-0.15, -0.1) is 0 Å². The van der Waals surface area contributed by atoms with Crippen molar-refractivity contribution in [2.75, 3.05) is 53.6 Å². The minimum absolute atomic E-state index is 0.0841. The van der Waals surface area contributed by atoms with E-state index in [1.807, 2.05) is 29.5 Å². The molecular weight excluding hydrogens is 344 g/mol. The SMILES string of the molecule is CCn1nc(C)cc1C(=O)N1CCC[C@@]2(C[C@H](CN(C)CCOC)CO2)C1. The molecule has 3 heterocycles. The summed E-state index contributed by atoms with van der Waals surface area (Å²) in [5.41, 5.74) is 1.41. The molecule has 152 valence electrons. The van der Waals surface area contributed by atoms with E-state index in [1.54, 1.807) is 7.11 Å². The van der Waals surface area contributed by atoms with Gasteiger partial charge >= 0.3 is 0 Å². The molecule has 0 aromatic carbocycles. The molecule has 0 radical (unpaired) electrons. The lowest BCUT2D eigenvalue weighted by Crippen LogP contribution is -2.50. The lowest BCUT2D eigenvalue weighted by molar-refractivity contribution is -0.0452. The predicted molar refractivity (Wildman–Crippen MR) is 104 cm³/mol. The number of methoxy groups -OCH3 is 1. The first-order valence-corrected chi connectivity index (χ1v) is 10.1. The van der Waals surface area contributed by atoms with E-state index in [4.69, 9.17) is 9.47 Å². The number of carbonyl (C=O) groups is 1. The highest BCUT2D eigenvalue weighted by atomic mass is 16.5. The summed E-state index contributed by atoms with van der Waals surface area (Å²) in [6.45, 7) is 9.64. The maximum atomic E-state index is 13.1. The van der Waals surface area contributed by atoms with E-state index < -0.39 is 0 Å². The van der Waals surface area contributed by atoms with Crippen LogP contribution in [0.25, 0.3) is 0 Å². The van der Waals surface area contributed by atoms with E-state index in [0.717, 1.165) is 57.8 Å². The van der Waals surface area contributed by atoms with E-state index in [9.17, 15) is 4.79 Å². The van der Waals surface area contributed by atoms with Gasteiger partial charge in [0.2, 0.25) is 0 Å². The summed E-state index contributed by atoms with van der Waals surface area (Å²) in [4.78, 5) is 17.4. The molecule has 2 saturated heterocycles. The van der Waals surface area contributed by atoms with Crippen molar-refractivity contribution in [2.24, 2.45) is 5.92 Å². The number of aryl methyl sites for hydroxylation is 2. The Morgan fingerprint density at radius 3 is 3.07 bits per heavy atom. The lowest BCUT2D eigenvalue weighted by Gasteiger charge is -2.39. The molecule has 7 nitrogen and oxygen atoms in total. The van der Waals surface area contributed by atoms with Crippen molar-refractivity contribution in [2.45, 2.75) is 45.3 Å². The zero-order valence-corrected chi connectivity index (χ0v) is 17.2. The van der Waals surface area contributed by atoms with Crippen LogP contribution in [-0.4, -0.2) is 84.6 Å². The second-order valence-corrected chi connectivity index (χ2v) is 8.14. The average molecular weight is 379 g/mol. The van der Waals surface area contributed by atoms with Gasteiger partial charge in [-0.05, 0) is 52.1 Å². The second kappa shape index (κ2) is 8.71. The predicted octanol–water partition coefficient (Wildman–Crippen LogP) is 1.80. The van der Waals surface area contributed by atoms with Gasteiger partial charge in [-0.1, -0.05) is 0 Å². The molecule has 7 heteroatoms. The van der Waals surface area contributed by atoms with Gasteiger partial charge in [0, 0.05) is 33.3 Å². The van der Waals surface area contributed by atoms with Crippen molar-refractivity contribution in [1.29, 1.82) is 0 Å². The zero-order chi connectivity index (χ0) is 19.4. The van der Waals surface area contributed by atoms with Crippen LogP contribution >= 0.6 is 0 Å². The third kappa shape index (κ3) is 4.70. The Bertz CT molecular complexity index is 647. The van der Waals surface area contributed by atoms with Crippen molar-refractivity contribution in [3.05, 3.63) is 17.5 Å². The number of hydrogen-bond donors (Lipinski definition) is 0. The lowest BCUT2D eigenvalue weighted by atomic mass is 9.86. The first-order valence-electron chi connectivity index (χ1n) is 10.1. The monoisotopic (exact) mass is 378 g/mol. The van der Waals surface area contributed by atoms with E-state index in [1.165, 1.54) is 0 Å². The number of likely N-dealkylation sites (N-methyl/N-ethyl adjacent to an activating group) is 1. The molecule has 0 aliphatic carbocycles. The molecule has 0 saturated carbocycles. The first kappa shape index (κ1) is 20.3. The molecule has 2 atom stereocenters. The Morgan fingerprint density at radius 1 is 1.52 bits per heavy atom. The summed E-state index contributed by atoms with van der Waals surface area (Å²) >= 11 is 0. The normalized spacial score (nSPS) is 25.7. The van der Waals surface area contributed by atoms with Crippen LogP contribution in [0.15, 0.2) is 6.07 Å². The zero-order valence-electron chi connectivity index (χ0n) is 17.2. The Morgan fingerprint density at radius 2 is 2.33 bits per heavy atom. The molecule has 2 aliphatic heterocycles. The minimum atomic E-state index is -0.174. The fourth-order valence-corrected chi connectivity index (χ4v) is 4.51. The van der Waals surface area contributed by atoms with E-state index >= 15 is 0 Å². The van der Waals surface area contributed by atoms with Gasteiger partial charge in [-0.2, -0.15) is 5.10 Å². The molecule has 0 unspecified atom stereocenters. The van der Waals surface area contributed by atoms with E-state index in [-0.39, 0.29) is 11.5 Å². The largest absolute Gasteiger partial charge is 0.383 e. The Labute approximate surface area is 162 Å².